The largest absolute Gasteiger partial charge is 0.504 e. The van der Waals surface area contributed by atoms with E-state index in [1.54, 1.807) is 0 Å². The van der Waals surface area contributed by atoms with E-state index in [-0.39, 0.29) is 39.4 Å². The fourth-order valence-corrected chi connectivity index (χ4v) is 7.17. The predicted octanol–water partition coefficient (Wildman–Crippen LogP) is 0.586. The van der Waals surface area contributed by atoms with Crippen molar-refractivity contribution < 1.29 is 44.4 Å². The molecule has 0 spiro atoms. The van der Waals surface area contributed by atoms with Crippen LogP contribution in [0.4, 0.5) is 10.9 Å². The number of carbonyl (C=O) groups is 4. The van der Waals surface area contributed by atoms with Gasteiger partial charge >= 0.3 is 11.9 Å². The summed E-state index contributed by atoms with van der Waals surface area (Å²) in [5, 5.41) is 46.4. The minimum Gasteiger partial charge on any atom is -0.504 e. The first-order chi connectivity index (χ1) is 21.4. The summed E-state index contributed by atoms with van der Waals surface area (Å²) in [4.78, 5) is 68.9. The molecule has 1 unspecified atom stereocenters. The number of carboxylic acids is 2. The van der Waals surface area contributed by atoms with Crippen LogP contribution in [-0.4, -0.2) is 92.7 Å². The molecule has 2 aromatic heterocycles. The molecule has 9 N–H and O–H groups in total. The van der Waals surface area contributed by atoms with Crippen LogP contribution >= 0.6 is 34.9 Å². The van der Waals surface area contributed by atoms with E-state index in [4.69, 9.17) is 16.3 Å². The van der Waals surface area contributed by atoms with Crippen molar-refractivity contribution >= 4 is 75.3 Å². The molecule has 4 heterocycles. The average Bonchev–Trinajstić information content (AvgIpc) is 3.43. The highest BCUT2D eigenvalue weighted by Gasteiger charge is 2.54. The van der Waals surface area contributed by atoms with Gasteiger partial charge in [-0.05, 0) is 17.7 Å². The van der Waals surface area contributed by atoms with Crippen molar-refractivity contribution in [3.8, 4) is 11.5 Å². The smallest absolute Gasteiger partial charge is 0.352 e. The molecule has 3 aromatic rings. The molecular weight excluding hydrogens is 653 g/mol. The predicted molar refractivity (Wildman–Crippen MR) is 161 cm³/mol. The standard InChI is InChI=1S/C25H22N8O9S3/c26-14-4-15(29-8-28-14)43-5-10-6-44-22-17(21(37)33(22)18(10)23(38)39)31-20(36)16(11-7-45-25(27)30-11)32-42-19(24(40)41)9-1-2-12(34)13(35)3-9/h1-4,7-8,17,19,22,34-35H,5-6H2,(H2,27,30)(H,31,36)(H,38,39)(H,40,41)(H2,26,28,29)/b32-16-/t17?,19-,22-/m1/s1. The van der Waals surface area contributed by atoms with Crippen LogP contribution in [0.25, 0.3) is 0 Å². The van der Waals surface area contributed by atoms with Crippen molar-refractivity contribution in [2.45, 2.75) is 22.5 Å². The number of phenolic OH excluding ortho intramolecular Hbond substituents is 2. The van der Waals surface area contributed by atoms with Gasteiger partial charge in [-0.2, -0.15) is 0 Å². The lowest BCUT2D eigenvalue weighted by molar-refractivity contribution is -0.151. The summed E-state index contributed by atoms with van der Waals surface area (Å²) in [6, 6.07) is 3.56. The van der Waals surface area contributed by atoms with E-state index >= 15 is 0 Å². The number of hydrogen-bond acceptors (Lipinski definition) is 16. The van der Waals surface area contributed by atoms with E-state index in [1.807, 2.05) is 0 Å². The molecule has 2 aliphatic rings. The summed E-state index contributed by atoms with van der Waals surface area (Å²) in [5.41, 5.74) is 11.0. The molecule has 20 heteroatoms. The van der Waals surface area contributed by atoms with Gasteiger partial charge in [0.1, 0.15) is 40.0 Å². The second-order valence-electron chi connectivity index (χ2n) is 9.27. The lowest BCUT2D eigenvalue weighted by Crippen LogP contribution is -2.71. The van der Waals surface area contributed by atoms with Crippen LogP contribution in [0.1, 0.15) is 17.4 Å². The fourth-order valence-electron chi connectivity index (χ4n) is 4.26. The molecule has 234 valence electrons. The number of aromatic hydroxyl groups is 2. The van der Waals surface area contributed by atoms with Crippen molar-refractivity contribution in [1.82, 2.24) is 25.2 Å². The second kappa shape index (κ2) is 12.9. The summed E-state index contributed by atoms with van der Waals surface area (Å²) in [6.45, 7) is 0. The number of β-lactam (4-membered cyclic amide) rings is 1. The number of nitrogens with zero attached hydrogens (tertiary/aromatic N) is 5. The van der Waals surface area contributed by atoms with E-state index in [0.717, 1.165) is 28.4 Å². The number of anilines is 2. The molecule has 45 heavy (non-hydrogen) atoms. The first-order valence-corrected chi connectivity index (χ1v) is 15.5. The summed E-state index contributed by atoms with van der Waals surface area (Å²) < 4.78 is 0. The Balaban J connectivity index is 1.35. The maximum absolute atomic E-state index is 13.4. The van der Waals surface area contributed by atoms with Gasteiger partial charge in [0.15, 0.2) is 22.3 Å². The third-order valence-corrected chi connectivity index (χ3v) is 9.37. The number of thiazole rings is 1. The van der Waals surface area contributed by atoms with Gasteiger partial charge in [0.05, 0.1) is 0 Å². The number of hydrogen-bond donors (Lipinski definition) is 7. The van der Waals surface area contributed by atoms with Crippen molar-refractivity contribution in [3.05, 3.63) is 58.5 Å². The van der Waals surface area contributed by atoms with E-state index in [1.165, 1.54) is 47.4 Å². The van der Waals surface area contributed by atoms with Crippen LogP contribution < -0.4 is 16.8 Å². The maximum Gasteiger partial charge on any atom is 0.352 e. The maximum atomic E-state index is 13.4. The fraction of sp³-hybridized carbons (Fsp3) is 0.200. The molecule has 0 bridgehead atoms. The minimum absolute atomic E-state index is 0.0590. The van der Waals surface area contributed by atoms with Crippen LogP contribution in [-0.2, 0) is 24.0 Å². The van der Waals surface area contributed by atoms with Gasteiger partial charge in [0.2, 0.25) is 6.10 Å². The lowest BCUT2D eigenvalue weighted by atomic mass is 10.0. The Labute approximate surface area is 265 Å². The number of thioether (sulfide) groups is 2. The average molecular weight is 675 g/mol. The molecule has 0 radical (unpaired) electrons. The number of carboxylic acid groups (broad SMARTS) is 2. The van der Waals surface area contributed by atoms with Gasteiger partial charge in [-0.25, -0.2) is 24.5 Å². The molecule has 2 aliphatic heterocycles. The van der Waals surface area contributed by atoms with Crippen LogP contribution in [0.5, 0.6) is 11.5 Å². The highest BCUT2D eigenvalue weighted by molar-refractivity contribution is 8.01. The zero-order valence-electron chi connectivity index (χ0n) is 22.6. The van der Waals surface area contributed by atoms with Gasteiger partial charge in [-0.1, -0.05) is 11.2 Å². The molecular formula is C25H22N8O9S3. The van der Waals surface area contributed by atoms with Gasteiger partial charge < -0.3 is 42.0 Å². The second-order valence-corrected chi connectivity index (χ2v) is 12.3. The van der Waals surface area contributed by atoms with E-state index in [2.05, 4.69) is 25.4 Å². The Bertz CT molecular complexity index is 1760. The molecule has 2 amide bonds. The molecule has 3 atom stereocenters. The lowest BCUT2D eigenvalue weighted by Gasteiger charge is -2.49. The summed E-state index contributed by atoms with van der Waals surface area (Å²) in [7, 11) is 0. The summed E-state index contributed by atoms with van der Waals surface area (Å²) >= 11 is 3.43. The Morgan fingerprint density at radius 2 is 1.96 bits per heavy atom. The number of nitrogens with two attached hydrogens (primary N) is 2. The molecule has 1 aromatic carbocycles. The number of fused-ring (bicyclic) bond motifs is 1. The number of aliphatic carboxylic acids is 2. The summed E-state index contributed by atoms with van der Waals surface area (Å²) in [5.74, 6) is -4.91. The first kappa shape index (κ1) is 31.3. The van der Waals surface area contributed by atoms with Gasteiger partial charge in [0.25, 0.3) is 11.8 Å². The third-order valence-electron chi connectivity index (χ3n) is 6.35. The molecule has 1 saturated heterocycles. The Morgan fingerprint density at radius 1 is 1.18 bits per heavy atom. The molecule has 5 rings (SSSR count). The van der Waals surface area contributed by atoms with Crippen molar-refractivity contribution in [1.29, 1.82) is 0 Å². The molecule has 17 nitrogen and oxygen atoms in total. The van der Waals surface area contributed by atoms with Crippen LogP contribution in [0.2, 0.25) is 0 Å². The van der Waals surface area contributed by atoms with Crippen LogP contribution in [0, 0.1) is 0 Å². The Kier molecular flexibility index (Phi) is 8.97. The number of oxime groups is 1. The first-order valence-electron chi connectivity index (χ1n) is 12.6. The summed E-state index contributed by atoms with van der Waals surface area (Å²) in [6.07, 6.45) is -0.534. The normalized spacial score (nSPS) is 18.5. The minimum atomic E-state index is -1.82. The van der Waals surface area contributed by atoms with Crippen LogP contribution in [0.15, 0.2) is 57.4 Å². The number of aromatic nitrogens is 3. The van der Waals surface area contributed by atoms with Crippen molar-refractivity contribution in [2.24, 2.45) is 5.16 Å². The Morgan fingerprint density at radius 3 is 2.60 bits per heavy atom. The number of benzene rings is 1. The Hall–Kier alpha value is -5.08. The highest BCUT2D eigenvalue weighted by atomic mass is 32.2. The molecule has 0 saturated carbocycles. The van der Waals surface area contributed by atoms with Crippen molar-refractivity contribution in [2.75, 3.05) is 23.0 Å². The number of carbonyl (C=O) groups excluding carboxylic acids is 2. The zero-order valence-corrected chi connectivity index (χ0v) is 25.0. The number of amides is 2. The van der Waals surface area contributed by atoms with E-state index < -0.39 is 58.5 Å². The third kappa shape index (κ3) is 6.56. The quantitative estimate of drug-likeness (QED) is 0.0366. The highest BCUT2D eigenvalue weighted by Crippen LogP contribution is 2.41. The van der Waals surface area contributed by atoms with E-state index in [9.17, 15) is 39.6 Å². The van der Waals surface area contributed by atoms with Gasteiger partial charge in [-0.15, -0.1) is 34.9 Å². The van der Waals surface area contributed by atoms with Crippen LogP contribution in [0.3, 0.4) is 0 Å². The molecule has 0 aliphatic carbocycles. The number of rotatable bonds is 11. The number of phenols is 2. The van der Waals surface area contributed by atoms with Gasteiger partial charge in [-0.3, -0.25) is 14.5 Å². The SMILES string of the molecule is Nc1cc(SCC2=C(C(=O)O)N3C(=O)C(NC(=O)/C(=N\O[C@@H](C(=O)O)c4ccc(O)c(O)c4)c4csc(N)n4)[C@H]3SC2)ncn1. The van der Waals surface area contributed by atoms with Gasteiger partial charge in [0, 0.05) is 28.5 Å². The van der Waals surface area contributed by atoms with Crippen molar-refractivity contribution in [3.63, 3.8) is 0 Å². The monoisotopic (exact) mass is 674 g/mol. The van der Waals surface area contributed by atoms with E-state index in [0.29, 0.717) is 10.6 Å². The topological polar surface area (TPSA) is 277 Å². The zero-order chi connectivity index (χ0) is 32.4. The number of nitrogen functional groups attached to an aromatic ring is 2. The number of nitrogens with one attached hydrogen (secondary N) is 1. The molecule has 1 fully saturated rings.